The van der Waals surface area contributed by atoms with Gasteiger partial charge in [0.15, 0.2) is 0 Å². The minimum atomic E-state index is -1.26. The normalized spacial score (nSPS) is 12.9. The first-order chi connectivity index (χ1) is 9.44. The van der Waals surface area contributed by atoms with Crippen LogP contribution < -0.4 is 5.32 Å². The SMILES string of the molecule is COC(=O)[C@@](C)(CCC#N)NC(=O)c1ccccc1Cl. The van der Waals surface area contributed by atoms with E-state index in [-0.39, 0.29) is 23.4 Å². The second-order valence-electron chi connectivity index (χ2n) is 4.42. The Bertz CT molecular complexity index is 554. The Balaban J connectivity index is 2.96. The molecule has 0 aliphatic heterocycles. The maximum atomic E-state index is 12.2. The molecule has 0 aliphatic rings. The lowest BCUT2D eigenvalue weighted by Gasteiger charge is -2.27. The van der Waals surface area contributed by atoms with E-state index in [1.807, 2.05) is 6.07 Å². The van der Waals surface area contributed by atoms with Gasteiger partial charge in [0, 0.05) is 6.42 Å². The Hall–Kier alpha value is -2.06. The number of hydrogen-bond donors (Lipinski definition) is 1. The van der Waals surface area contributed by atoms with Crippen LogP contribution >= 0.6 is 11.6 Å². The Kier molecular flexibility index (Phi) is 5.53. The first-order valence-corrected chi connectivity index (χ1v) is 6.35. The van der Waals surface area contributed by atoms with Gasteiger partial charge in [-0.3, -0.25) is 4.79 Å². The van der Waals surface area contributed by atoms with Crippen molar-refractivity contribution in [3.8, 4) is 6.07 Å². The average Bonchev–Trinajstić information content (AvgIpc) is 2.44. The molecule has 20 heavy (non-hydrogen) atoms. The average molecular weight is 295 g/mol. The summed E-state index contributed by atoms with van der Waals surface area (Å²) in [5, 5.41) is 11.5. The predicted octanol–water partition coefficient (Wildman–Crippen LogP) is 2.31. The molecule has 1 N–H and O–H groups in total. The number of nitriles is 1. The molecule has 1 atom stereocenters. The van der Waals surface area contributed by atoms with Crippen LogP contribution in [0.1, 0.15) is 30.1 Å². The van der Waals surface area contributed by atoms with Gasteiger partial charge in [0.25, 0.3) is 5.91 Å². The van der Waals surface area contributed by atoms with Gasteiger partial charge in [-0.1, -0.05) is 23.7 Å². The number of carbonyl (C=O) groups is 2. The Labute approximate surface area is 122 Å². The number of methoxy groups -OCH3 is 1. The van der Waals surface area contributed by atoms with E-state index in [9.17, 15) is 9.59 Å². The highest BCUT2D eigenvalue weighted by molar-refractivity contribution is 6.33. The molecule has 0 unspecified atom stereocenters. The molecule has 1 aromatic rings. The van der Waals surface area contributed by atoms with Crippen molar-refractivity contribution in [2.75, 3.05) is 7.11 Å². The van der Waals surface area contributed by atoms with Gasteiger partial charge in [0.05, 0.1) is 23.8 Å². The molecule has 1 amide bonds. The summed E-state index contributed by atoms with van der Waals surface area (Å²) in [7, 11) is 1.23. The highest BCUT2D eigenvalue weighted by Gasteiger charge is 2.36. The van der Waals surface area contributed by atoms with Gasteiger partial charge < -0.3 is 10.1 Å². The van der Waals surface area contributed by atoms with Crippen molar-refractivity contribution < 1.29 is 14.3 Å². The third kappa shape index (κ3) is 3.72. The van der Waals surface area contributed by atoms with Gasteiger partial charge in [0.2, 0.25) is 0 Å². The van der Waals surface area contributed by atoms with E-state index in [1.165, 1.54) is 14.0 Å². The van der Waals surface area contributed by atoms with Gasteiger partial charge in [-0.2, -0.15) is 5.26 Å². The topological polar surface area (TPSA) is 79.2 Å². The van der Waals surface area contributed by atoms with Crippen molar-refractivity contribution in [2.45, 2.75) is 25.3 Å². The van der Waals surface area contributed by atoms with Crippen LogP contribution in [0.2, 0.25) is 5.02 Å². The number of esters is 1. The van der Waals surface area contributed by atoms with Crippen LogP contribution in [0.5, 0.6) is 0 Å². The van der Waals surface area contributed by atoms with Crippen LogP contribution in [0.3, 0.4) is 0 Å². The number of amides is 1. The molecular formula is C14H15ClN2O3. The van der Waals surface area contributed by atoms with Gasteiger partial charge in [-0.15, -0.1) is 0 Å². The largest absolute Gasteiger partial charge is 0.467 e. The molecule has 0 aromatic heterocycles. The summed E-state index contributed by atoms with van der Waals surface area (Å²) >= 11 is 5.94. The standard InChI is InChI=1S/C14H15ClN2O3/c1-14(8-5-9-16,13(19)20-2)17-12(18)10-6-3-4-7-11(10)15/h3-4,6-7H,5,8H2,1-2H3,(H,17,18)/t14-/m1/s1. The van der Waals surface area contributed by atoms with E-state index < -0.39 is 17.4 Å². The van der Waals surface area contributed by atoms with E-state index in [4.69, 9.17) is 16.9 Å². The van der Waals surface area contributed by atoms with Crippen molar-refractivity contribution in [1.82, 2.24) is 5.32 Å². The van der Waals surface area contributed by atoms with Crippen molar-refractivity contribution in [1.29, 1.82) is 5.26 Å². The number of benzene rings is 1. The van der Waals surface area contributed by atoms with Crippen LogP contribution in [-0.2, 0) is 9.53 Å². The lowest BCUT2D eigenvalue weighted by molar-refractivity contribution is -0.147. The van der Waals surface area contributed by atoms with E-state index in [0.717, 1.165) is 0 Å². The molecule has 0 bridgehead atoms. The molecule has 5 nitrogen and oxygen atoms in total. The van der Waals surface area contributed by atoms with E-state index in [2.05, 4.69) is 10.1 Å². The lowest BCUT2D eigenvalue weighted by atomic mass is 9.95. The van der Waals surface area contributed by atoms with Gasteiger partial charge in [-0.05, 0) is 25.5 Å². The summed E-state index contributed by atoms with van der Waals surface area (Å²) in [6.07, 6.45) is 0.279. The predicted molar refractivity (Wildman–Crippen MR) is 74.2 cm³/mol. The van der Waals surface area contributed by atoms with Crippen LogP contribution in [0.15, 0.2) is 24.3 Å². The zero-order chi connectivity index (χ0) is 15.2. The molecule has 106 valence electrons. The van der Waals surface area contributed by atoms with Gasteiger partial charge >= 0.3 is 5.97 Å². The Morgan fingerprint density at radius 3 is 2.65 bits per heavy atom. The van der Waals surface area contributed by atoms with Crippen molar-refractivity contribution in [2.24, 2.45) is 0 Å². The van der Waals surface area contributed by atoms with E-state index in [1.54, 1.807) is 24.3 Å². The summed E-state index contributed by atoms with van der Waals surface area (Å²) in [5.41, 5.74) is -0.998. The van der Waals surface area contributed by atoms with Crippen molar-refractivity contribution in [3.05, 3.63) is 34.9 Å². The molecule has 0 spiro atoms. The number of ether oxygens (including phenoxy) is 1. The number of halogens is 1. The molecule has 1 aromatic carbocycles. The quantitative estimate of drug-likeness (QED) is 0.845. The summed E-state index contributed by atoms with van der Waals surface area (Å²) in [4.78, 5) is 24.0. The zero-order valence-corrected chi connectivity index (χ0v) is 12.0. The second-order valence-corrected chi connectivity index (χ2v) is 4.82. The van der Waals surface area contributed by atoms with Crippen LogP contribution in [0, 0.1) is 11.3 Å². The third-order valence-corrected chi connectivity index (χ3v) is 3.21. The Morgan fingerprint density at radius 1 is 1.45 bits per heavy atom. The number of carbonyl (C=O) groups excluding carboxylic acids is 2. The minimum Gasteiger partial charge on any atom is -0.467 e. The lowest BCUT2D eigenvalue weighted by Crippen LogP contribution is -2.52. The Morgan fingerprint density at radius 2 is 2.10 bits per heavy atom. The van der Waals surface area contributed by atoms with Crippen LogP contribution in [-0.4, -0.2) is 24.5 Å². The fraction of sp³-hybridized carbons (Fsp3) is 0.357. The molecule has 0 radical (unpaired) electrons. The summed E-state index contributed by atoms with van der Waals surface area (Å²) in [6, 6.07) is 8.46. The first-order valence-electron chi connectivity index (χ1n) is 5.97. The second kappa shape index (κ2) is 6.92. The molecule has 0 heterocycles. The molecule has 0 fully saturated rings. The first kappa shape index (κ1) is 16.0. The monoisotopic (exact) mass is 294 g/mol. The number of rotatable bonds is 5. The smallest absolute Gasteiger partial charge is 0.331 e. The molecular weight excluding hydrogens is 280 g/mol. The van der Waals surface area contributed by atoms with Gasteiger partial charge in [0.1, 0.15) is 5.54 Å². The van der Waals surface area contributed by atoms with Crippen LogP contribution in [0.25, 0.3) is 0 Å². The van der Waals surface area contributed by atoms with Crippen LogP contribution in [0.4, 0.5) is 0 Å². The maximum Gasteiger partial charge on any atom is 0.331 e. The zero-order valence-electron chi connectivity index (χ0n) is 11.3. The number of nitrogens with zero attached hydrogens (tertiary/aromatic N) is 1. The number of hydrogen-bond acceptors (Lipinski definition) is 4. The van der Waals surface area contributed by atoms with Crippen molar-refractivity contribution in [3.63, 3.8) is 0 Å². The molecule has 0 aliphatic carbocycles. The van der Waals surface area contributed by atoms with E-state index in [0.29, 0.717) is 0 Å². The minimum absolute atomic E-state index is 0.119. The summed E-state index contributed by atoms with van der Waals surface area (Å²) in [6.45, 7) is 1.52. The summed E-state index contributed by atoms with van der Waals surface area (Å²) < 4.78 is 4.68. The molecule has 0 saturated heterocycles. The molecule has 0 saturated carbocycles. The third-order valence-electron chi connectivity index (χ3n) is 2.88. The highest BCUT2D eigenvalue weighted by Crippen LogP contribution is 2.19. The number of nitrogens with one attached hydrogen (secondary N) is 1. The highest BCUT2D eigenvalue weighted by atomic mass is 35.5. The fourth-order valence-corrected chi connectivity index (χ4v) is 1.93. The van der Waals surface area contributed by atoms with Gasteiger partial charge in [-0.25, -0.2) is 4.79 Å². The summed E-state index contributed by atoms with van der Waals surface area (Å²) in [5.74, 6) is -1.09. The van der Waals surface area contributed by atoms with Crippen molar-refractivity contribution >= 4 is 23.5 Å². The maximum absolute atomic E-state index is 12.2. The molecule has 6 heteroatoms. The van der Waals surface area contributed by atoms with E-state index >= 15 is 0 Å². The fourth-order valence-electron chi connectivity index (χ4n) is 1.71. The molecule has 1 rings (SSSR count).